The van der Waals surface area contributed by atoms with Crippen molar-refractivity contribution < 1.29 is 20.4 Å². The smallest absolute Gasteiger partial charge is 0.151 e. The van der Waals surface area contributed by atoms with E-state index in [1.54, 1.807) is 0 Å². The molecule has 0 bridgehead atoms. The van der Waals surface area contributed by atoms with E-state index in [0.29, 0.717) is 25.7 Å². The monoisotopic (exact) mass is 178 g/mol. The highest BCUT2D eigenvalue weighted by molar-refractivity contribution is 4.59. The van der Waals surface area contributed by atoms with E-state index in [0.717, 1.165) is 0 Å². The summed E-state index contributed by atoms with van der Waals surface area (Å²) in [7, 11) is 0. The molecule has 0 amide bonds. The molecule has 0 unspecified atom stereocenters. The van der Waals surface area contributed by atoms with Crippen LogP contribution in [0.3, 0.4) is 0 Å². The fourth-order valence-electron chi connectivity index (χ4n) is 1.18. The van der Waals surface area contributed by atoms with E-state index in [9.17, 15) is 0 Å². The van der Waals surface area contributed by atoms with Crippen molar-refractivity contribution >= 4 is 0 Å². The SMILES string of the molecule is OCCC(CCO)CCC(O)O. The highest BCUT2D eigenvalue weighted by Gasteiger charge is 2.09. The van der Waals surface area contributed by atoms with Crippen molar-refractivity contribution in [3.8, 4) is 0 Å². The zero-order valence-corrected chi connectivity index (χ0v) is 7.19. The highest BCUT2D eigenvalue weighted by atomic mass is 16.5. The molecule has 0 heterocycles. The topological polar surface area (TPSA) is 80.9 Å². The van der Waals surface area contributed by atoms with E-state index in [4.69, 9.17) is 20.4 Å². The second-order valence-electron chi connectivity index (χ2n) is 2.95. The van der Waals surface area contributed by atoms with Gasteiger partial charge in [-0.2, -0.15) is 0 Å². The second-order valence-corrected chi connectivity index (χ2v) is 2.95. The Balaban J connectivity index is 3.48. The third-order valence-electron chi connectivity index (χ3n) is 1.91. The van der Waals surface area contributed by atoms with E-state index in [-0.39, 0.29) is 19.1 Å². The molecule has 0 aliphatic carbocycles. The van der Waals surface area contributed by atoms with Gasteiger partial charge >= 0.3 is 0 Å². The molecule has 0 atom stereocenters. The Hall–Kier alpha value is -0.160. The molecule has 74 valence electrons. The van der Waals surface area contributed by atoms with E-state index in [2.05, 4.69) is 0 Å². The van der Waals surface area contributed by atoms with E-state index in [1.807, 2.05) is 0 Å². The molecule has 0 aromatic rings. The highest BCUT2D eigenvalue weighted by Crippen LogP contribution is 2.15. The van der Waals surface area contributed by atoms with Gasteiger partial charge in [0, 0.05) is 13.2 Å². The van der Waals surface area contributed by atoms with Gasteiger partial charge in [-0.25, -0.2) is 0 Å². The second kappa shape index (κ2) is 7.49. The predicted molar refractivity (Wildman–Crippen MR) is 44.4 cm³/mol. The van der Waals surface area contributed by atoms with Crippen molar-refractivity contribution in [3.05, 3.63) is 0 Å². The molecule has 0 radical (unpaired) electrons. The minimum absolute atomic E-state index is 0.0895. The molecule has 4 N–H and O–H groups in total. The van der Waals surface area contributed by atoms with Crippen molar-refractivity contribution in [3.63, 3.8) is 0 Å². The lowest BCUT2D eigenvalue weighted by Gasteiger charge is -2.14. The summed E-state index contributed by atoms with van der Waals surface area (Å²) in [6, 6.07) is 0. The fourth-order valence-corrected chi connectivity index (χ4v) is 1.18. The minimum Gasteiger partial charge on any atom is -0.396 e. The standard InChI is InChI=1S/C8H18O4/c9-5-3-7(4-6-10)1-2-8(11)12/h7-12H,1-6H2. The minimum atomic E-state index is -1.27. The lowest BCUT2D eigenvalue weighted by Crippen LogP contribution is -2.11. The molecule has 4 heteroatoms. The van der Waals surface area contributed by atoms with Gasteiger partial charge in [0.15, 0.2) is 6.29 Å². The average Bonchev–Trinajstić information content (AvgIpc) is 2.01. The first kappa shape index (κ1) is 11.8. The van der Waals surface area contributed by atoms with Gasteiger partial charge < -0.3 is 20.4 Å². The molecule has 0 fully saturated rings. The normalized spacial score (nSPS) is 11.5. The van der Waals surface area contributed by atoms with Gasteiger partial charge in [0.2, 0.25) is 0 Å². The zero-order chi connectivity index (χ0) is 9.40. The largest absolute Gasteiger partial charge is 0.396 e. The number of hydrogen-bond acceptors (Lipinski definition) is 4. The van der Waals surface area contributed by atoms with Crippen LogP contribution in [0.1, 0.15) is 25.7 Å². The molecule has 0 aliphatic heterocycles. The van der Waals surface area contributed by atoms with Gasteiger partial charge in [-0.3, -0.25) is 0 Å². The van der Waals surface area contributed by atoms with Crippen LogP contribution in [0.15, 0.2) is 0 Å². The third-order valence-corrected chi connectivity index (χ3v) is 1.91. The van der Waals surface area contributed by atoms with Gasteiger partial charge in [0.1, 0.15) is 0 Å². The van der Waals surface area contributed by atoms with Crippen molar-refractivity contribution in [1.82, 2.24) is 0 Å². The van der Waals surface area contributed by atoms with Crippen LogP contribution in [0.25, 0.3) is 0 Å². The van der Waals surface area contributed by atoms with Crippen molar-refractivity contribution in [2.24, 2.45) is 5.92 Å². The lowest BCUT2D eigenvalue weighted by atomic mass is 9.96. The van der Waals surface area contributed by atoms with E-state index >= 15 is 0 Å². The van der Waals surface area contributed by atoms with Gasteiger partial charge in [-0.15, -0.1) is 0 Å². The van der Waals surface area contributed by atoms with E-state index < -0.39 is 6.29 Å². The number of aliphatic hydroxyl groups excluding tert-OH is 3. The van der Waals surface area contributed by atoms with Crippen LogP contribution >= 0.6 is 0 Å². The Morgan fingerprint density at radius 3 is 1.58 bits per heavy atom. The zero-order valence-electron chi connectivity index (χ0n) is 7.19. The first-order valence-electron chi connectivity index (χ1n) is 4.28. The molecule has 0 saturated heterocycles. The molecule has 0 saturated carbocycles. The summed E-state index contributed by atoms with van der Waals surface area (Å²) in [5.41, 5.74) is 0. The quantitative estimate of drug-likeness (QED) is 0.395. The summed E-state index contributed by atoms with van der Waals surface area (Å²) < 4.78 is 0. The molecule has 0 aromatic carbocycles. The maximum Gasteiger partial charge on any atom is 0.151 e. The predicted octanol–water partition coefficient (Wildman–Crippen LogP) is -0.542. The van der Waals surface area contributed by atoms with Crippen LogP contribution < -0.4 is 0 Å². The maximum absolute atomic E-state index is 8.62. The molecule has 0 aliphatic rings. The summed E-state index contributed by atoms with van der Waals surface area (Å²) in [6.45, 7) is 0.179. The molecular formula is C8H18O4. The lowest BCUT2D eigenvalue weighted by molar-refractivity contribution is -0.0498. The number of aliphatic hydroxyl groups is 4. The van der Waals surface area contributed by atoms with Crippen LogP contribution in [0.4, 0.5) is 0 Å². The summed E-state index contributed by atoms with van der Waals surface area (Å²) in [6.07, 6.45) is 0.911. The van der Waals surface area contributed by atoms with E-state index in [1.165, 1.54) is 0 Å². The Bertz CT molecular complexity index is 89.1. The first-order valence-corrected chi connectivity index (χ1v) is 4.28. The van der Waals surface area contributed by atoms with Crippen molar-refractivity contribution in [1.29, 1.82) is 0 Å². The Labute approximate surface area is 72.5 Å². The summed E-state index contributed by atoms with van der Waals surface area (Å²) in [5, 5.41) is 34.4. The van der Waals surface area contributed by atoms with Gasteiger partial charge in [-0.05, 0) is 31.6 Å². The summed E-state index contributed by atoms with van der Waals surface area (Å²) >= 11 is 0. The van der Waals surface area contributed by atoms with Crippen molar-refractivity contribution in [2.75, 3.05) is 13.2 Å². The van der Waals surface area contributed by atoms with Crippen LogP contribution in [-0.2, 0) is 0 Å². The van der Waals surface area contributed by atoms with Gasteiger partial charge in [0.05, 0.1) is 0 Å². The Morgan fingerprint density at radius 1 is 0.750 bits per heavy atom. The third kappa shape index (κ3) is 6.54. The molecule has 0 rings (SSSR count). The Morgan fingerprint density at radius 2 is 1.25 bits per heavy atom. The van der Waals surface area contributed by atoms with Crippen LogP contribution in [0.5, 0.6) is 0 Å². The molecule has 0 spiro atoms. The Kier molecular flexibility index (Phi) is 7.39. The van der Waals surface area contributed by atoms with Crippen LogP contribution in [-0.4, -0.2) is 39.9 Å². The molecule has 0 aromatic heterocycles. The maximum atomic E-state index is 8.62. The number of hydrogen-bond donors (Lipinski definition) is 4. The number of rotatable bonds is 7. The molecule has 4 nitrogen and oxygen atoms in total. The van der Waals surface area contributed by atoms with Crippen LogP contribution in [0, 0.1) is 5.92 Å². The first-order chi connectivity index (χ1) is 5.70. The van der Waals surface area contributed by atoms with Crippen molar-refractivity contribution in [2.45, 2.75) is 32.0 Å². The van der Waals surface area contributed by atoms with Gasteiger partial charge in [0.25, 0.3) is 0 Å². The average molecular weight is 178 g/mol. The summed E-state index contributed by atoms with van der Waals surface area (Å²) in [4.78, 5) is 0. The van der Waals surface area contributed by atoms with Crippen LogP contribution in [0.2, 0.25) is 0 Å². The summed E-state index contributed by atoms with van der Waals surface area (Å²) in [5.74, 6) is 0.196. The van der Waals surface area contributed by atoms with Gasteiger partial charge in [-0.1, -0.05) is 0 Å². The molecular weight excluding hydrogens is 160 g/mol. The fraction of sp³-hybridized carbons (Fsp3) is 1.00. The molecule has 12 heavy (non-hydrogen) atoms.